The molecule has 0 aliphatic carbocycles. The molecule has 2 rings (SSSR count). The molecular weight excluding hydrogens is 264 g/mol. The minimum absolute atomic E-state index is 0.0352. The van der Waals surface area contributed by atoms with Crippen LogP contribution in [0, 0.1) is 17.0 Å². The SMILES string of the molecule is CCOc1nc(C)nc(NCc2ccco2)c1[N+](=O)[O-]. The van der Waals surface area contributed by atoms with Gasteiger partial charge in [-0.2, -0.15) is 4.98 Å². The van der Waals surface area contributed by atoms with Gasteiger partial charge in [0.05, 0.1) is 24.3 Å². The zero-order valence-corrected chi connectivity index (χ0v) is 11.1. The van der Waals surface area contributed by atoms with Gasteiger partial charge in [0.25, 0.3) is 5.88 Å². The van der Waals surface area contributed by atoms with E-state index in [0.717, 1.165) is 0 Å². The minimum Gasteiger partial charge on any atom is -0.473 e. The van der Waals surface area contributed by atoms with Gasteiger partial charge in [-0.15, -0.1) is 0 Å². The smallest absolute Gasteiger partial charge is 0.372 e. The number of nitrogens with one attached hydrogen (secondary N) is 1. The van der Waals surface area contributed by atoms with Gasteiger partial charge in [0.1, 0.15) is 11.6 Å². The second-order valence-corrected chi connectivity index (χ2v) is 3.90. The summed E-state index contributed by atoms with van der Waals surface area (Å²) in [5, 5.41) is 14.0. The first kappa shape index (κ1) is 13.8. The summed E-state index contributed by atoms with van der Waals surface area (Å²) in [5.41, 5.74) is -0.274. The lowest BCUT2D eigenvalue weighted by atomic mass is 10.4. The van der Waals surface area contributed by atoms with Crippen molar-refractivity contribution in [1.82, 2.24) is 9.97 Å². The van der Waals surface area contributed by atoms with Gasteiger partial charge in [0.15, 0.2) is 0 Å². The average Bonchev–Trinajstić information content (AvgIpc) is 2.88. The molecule has 0 aliphatic rings. The normalized spacial score (nSPS) is 10.3. The quantitative estimate of drug-likeness (QED) is 0.638. The average molecular weight is 278 g/mol. The van der Waals surface area contributed by atoms with Crippen molar-refractivity contribution in [3.05, 3.63) is 40.1 Å². The summed E-state index contributed by atoms with van der Waals surface area (Å²) in [6.07, 6.45) is 1.53. The van der Waals surface area contributed by atoms with E-state index < -0.39 is 4.92 Å². The third-order valence-corrected chi connectivity index (χ3v) is 2.44. The van der Waals surface area contributed by atoms with E-state index in [1.807, 2.05) is 0 Å². The van der Waals surface area contributed by atoms with Crippen LogP contribution in [-0.4, -0.2) is 21.5 Å². The number of nitrogens with zero attached hydrogens (tertiary/aromatic N) is 3. The van der Waals surface area contributed by atoms with Crippen LogP contribution in [0.25, 0.3) is 0 Å². The Kier molecular flexibility index (Phi) is 4.14. The Bertz CT molecular complexity index is 598. The number of rotatable bonds is 6. The lowest BCUT2D eigenvalue weighted by Crippen LogP contribution is -2.09. The highest BCUT2D eigenvalue weighted by atomic mass is 16.6. The minimum atomic E-state index is -0.561. The lowest BCUT2D eigenvalue weighted by Gasteiger charge is -2.09. The molecule has 8 heteroatoms. The maximum atomic E-state index is 11.2. The van der Waals surface area contributed by atoms with Gasteiger partial charge >= 0.3 is 5.69 Å². The Labute approximate surface area is 114 Å². The van der Waals surface area contributed by atoms with Crippen molar-refractivity contribution in [3.63, 3.8) is 0 Å². The Morgan fingerprint density at radius 1 is 1.50 bits per heavy atom. The molecule has 0 spiro atoms. The van der Waals surface area contributed by atoms with E-state index in [0.29, 0.717) is 11.6 Å². The molecule has 106 valence electrons. The molecule has 0 radical (unpaired) electrons. The van der Waals surface area contributed by atoms with Crippen LogP contribution in [0.15, 0.2) is 22.8 Å². The summed E-state index contributed by atoms with van der Waals surface area (Å²) in [5.74, 6) is 1.11. The number of ether oxygens (including phenoxy) is 1. The molecule has 0 atom stereocenters. The van der Waals surface area contributed by atoms with Gasteiger partial charge in [-0.05, 0) is 26.0 Å². The Morgan fingerprint density at radius 2 is 2.30 bits per heavy atom. The van der Waals surface area contributed by atoms with Gasteiger partial charge in [-0.25, -0.2) is 4.98 Å². The number of hydrogen-bond donors (Lipinski definition) is 1. The van der Waals surface area contributed by atoms with Gasteiger partial charge in [-0.3, -0.25) is 10.1 Å². The Hall–Kier alpha value is -2.64. The maximum absolute atomic E-state index is 11.2. The number of aryl methyl sites for hydroxylation is 1. The molecule has 0 saturated heterocycles. The van der Waals surface area contributed by atoms with Crippen molar-refractivity contribution in [2.75, 3.05) is 11.9 Å². The first-order valence-corrected chi connectivity index (χ1v) is 6.04. The summed E-state index contributed by atoms with van der Waals surface area (Å²) < 4.78 is 10.4. The van der Waals surface area contributed by atoms with Crippen molar-refractivity contribution in [2.24, 2.45) is 0 Å². The molecule has 0 amide bonds. The zero-order chi connectivity index (χ0) is 14.5. The Balaban J connectivity index is 2.31. The number of furan rings is 1. The monoisotopic (exact) mass is 278 g/mol. The van der Waals surface area contributed by atoms with Gasteiger partial charge in [0.2, 0.25) is 5.82 Å². The van der Waals surface area contributed by atoms with Gasteiger partial charge in [0, 0.05) is 0 Å². The van der Waals surface area contributed by atoms with Crippen molar-refractivity contribution in [2.45, 2.75) is 20.4 Å². The number of nitro groups is 1. The second kappa shape index (κ2) is 6.00. The highest BCUT2D eigenvalue weighted by molar-refractivity contribution is 5.61. The fourth-order valence-electron chi connectivity index (χ4n) is 1.65. The highest BCUT2D eigenvalue weighted by Crippen LogP contribution is 2.32. The van der Waals surface area contributed by atoms with Crippen LogP contribution in [0.3, 0.4) is 0 Å². The zero-order valence-electron chi connectivity index (χ0n) is 11.1. The van der Waals surface area contributed by atoms with Crippen LogP contribution in [0.4, 0.5) is 11.5 Å². The summed E-state index contributed by atoms with van der Waals surface area (Å²) in [6, 6.07) is 3.50. The molecule has 2 heterocycles. The fourth-order valence-corrected chi connectivity index (χ4v) is 1.65. The van der Waals surface area contributed by atoms with Crippen LogP contribution >= 0.6 is 0 Å². The van der Waals surface area contributed by atoms with E-state index in [1.54, 1.807) is 26.0 Å². The third kappa shape index (κ3) is 3.02. The van der Waals surface area contributed by atoms with Crippen molar-refractivity contribution in [1.29, 1.82) is 0 Å². The van der Waals surface area contributed by atoms with E-state index in [4.69, 9.17) is 9.15 Å². The first-order chi connectivity index (χ1) is 9.61. The summed E-state index contributed by atoms with van der Waals surface area (Å²) in [4.78, 5) is 18.6. The highest BCUT2D eigenvalue weighted by Gasteiger charge is 2.25. The maximum Gasteiger partial charge on any atom is 0.372 e. The summed E-state index contributed by atoms with van der Waals surface area (Å²) >= 11 is 0. The molecule has 1 N–H and O–H groups in total. The molecule has 0 aliphatic heterocycles. The molecule has 0 fully saturated rings. The molecule has 20 heavy (non-hydrogen) atoms. The largest absolute Gasteiger partial charge is 0.473 e. The van der Waals surface area contributed by atoms with Crippen molar-refractivity contribution >= 4 is 11.5 Å². The predicted molar refractivity (Wildman–Crippen MR) is 70.6 cm³/mol. The van der Waals surface area contributed by atoms with Crippen LogP contribution in [0.5, 0.6) is 5.88 Å². The molecule has 0 saturated carbocycles. The molecule has 2 aromatic rings. The van der Waals surface area contributed by atoms with E-state index in [9.17, 15) is 10.1 Å². The van der Waals surface area contributed by atoms with Crippen LogP contribution in [-0.2, 0) is 6.54 Å². The lowest BCUT2D eigenvalue weighted by molar-refractivity contribution is -0.385. The number of anilines is 1. The van der Waals surface area contributed by atoms with Crippen LogP contribution in [0.1, 0.15) is 18.5 Å². The molecule has 2 aromatic heterocycles. The van der Waals surface area contributed by atoms with Crippen molar-refractivity contribution < 1.29 is 14.1 Å². The van der Waals surface area contributed by atoms with E-state index in [-0.39, 0.29) is 30.5 Å². The van der Waals surface area contributed by atoms with Crippen LogP contribution < -0.4 is 10.1 Å². The third-order valence-electron chi connectivity index (χ3n) is 2.44. The van der Waals surface area contributed by atoms with Crippen molar-refractivity contribution in [3.8, 4) is 5.88 Å². The molecule has 0 unspecified atom stereocenters. The number of hydrogen-bond acceptors (Lipinski definition) is 7. The summed E-state index contributed by atoms with van der Waals surface area (Å²) in [6.45, 7) is 3.95. The van der Waals surface area contributed by atoms with Crippen LogP contribution in [0.2, 0.25) is 0 Å². The first-order valence-electron chi connectivity index (χ1n) is 6.04. The van der Waals surface area contributed by atoms with E-state index in [2.05, 4.69) is 15.3 Å². The predicted octanol–water partition coefficient (Wildman–Crippen LogP) is 2.30. The number of aromatic nitrogens is 2. The molecular formula is C12H14N4O4. The topological polar surface area (TPSA) is 103 Å². The van der Waals surface area contributed by atoms with E-state index in [1.165, 1.54) is 6.26 Å². The standard InChI is InChI=1S/C12H14N4O4/c1-3-19-12-10(16(17)18)11(14-8(2)15-12)13-7-9-5-4-6-20-9/h4-6H,3,7H2,1-2H3,(H,13,14,15). The molecule has 0 aromatic carbocycles. The molecule has 8 nitrogen and oxygen atoms in total. The second-order valence-electron chi connectivity index (χ2n) is 3.90. The van der Waals surface area contributed by atoms with Gasteiger partial charge in [-0.1, -0.05) is 0 Å². The Morgan fingerprint density at radius 3 is 2.90 bits per heavy atom. The summed E-state index contributed by atoms with van der Waals surface area (Å²) in [7, 11) is 0. The fraction of sp³-hybridized carbons (Fsp3) is 0.333. The van der Waals surface area contributed by atoms with E-state index >= 15 is 0 Å². The van der Waals surface area contributed by atoms with Gasteiger partial charge < -0.3 is 14.5 Å². The molecule has 0 bridgehead atoms.